The molecule has 2 amide bonds. The Morgan fingerprint density at radius 2 is 2.13 bits per heavy atom. The number of aryl methyl sites for hydroxylation is 1. The standard InChI is InChI=1S/C16H19FN2O4/c1-2-3-4-12(16(22)23)19-15(21)10-7-9-5-6-14(20)18-13(9)8-11(10)17/h7-8,12H,2-6H2,1H3,(H,18,20)(H,19,21)(H,22,23). The summed E-state index contributed by atoms with van der Waals surface area (Å²) in [6.07, 6.45) is 2.43. The van der Waals surface area contributed by atoms with Crippen LogP contribution >= 0.6 is 0 Å². The fraction of sp³-hybridized carbons (Fsp3) is 0.438. The Balaban J connectivity index is 2.18. The molecule has 0 fully saturated rings. The molecule has 1 unspecified atom stereocenters. The number of carboxylic acids is 1. The number of nitrogens with one attached hydrogen (secondary N) is 2. The number of hydrogen-bond donors (Lipinski definition) is 3. The minimum absolute atomic E-state index is 0.195. The number of unbranched alkanes of at least 4 members (excludes halogenated alkanes) is 1. The summed E-state index contributed by atoms with van der Waals surface area (Å²) in [7, 11) is 0. The first-order valence-corrected chi connectivity index (χ1v) is 7.58. The first-order valence-electron chi connectivity index (χ1n) is 7.58. The maximum atomic E-state index is 14.1. The van der Waals surface area contributed by atoms with Crippen molar-refractivity contribution in [2.75, 3.05) is 5.32 Å². The Morgan fingerprint density at radius 3 is 2.78 bits per heavy atom. The largest absolute Gasteiger partial charge is 0.480 e. The summed E-state index contributed by atoms with van der Waals surface area (Å²) >= 11 is 0. The van der Waals surface area contributed by atoms with Crippen molar-refractivity contribution < 1.29 is 23.9 Å². The van der Waals surface area contributed by atoms with Crippen LogP contribution in [-0.4, -0.2) is 28.9 Å². The van der Waals surface area contributed by atoms with Crippen molar-refractivity contribution in [3.05, 3.63) is 29.1 Å². The van der Waals surface area contributed by atoms with E-state index in [2.05, 4.69) is 10.6 Å². The lowest BCUT2D eigenvalue weighted by Crippen LogP contribution is -2.41. The minimum atomic E-state index is -1.14. The molecule has 1 atom stereocenters. The number of amides is 2. The Labute approximate surface area is 133 Å². The number of hydrogen-bond acceptors (Lipinski definition) is 3. The molecule has 1 aliphatic heterocycles. The number of fused-ring (bicyclic) bond motifs is 1. The zero-order valence-corrected chi connectivity index (χ0v) is 12.8. The van der Waals surface area contributed by atoms with Gasteiger partial charge in [0.15, 0.2) is 0 Å². The van der Waals surface area contributed by atoms with Crippen molar-refractivity contribution in [2.24, 2.45) is 0 Å². The summed E-state index contributed by atoms with van der Waals surface area (Å²) in [5.41, 5.74) is 0.815. The van der Waals surface area contributed by atoms with E-state index < -0.39 is 23.7 Å². The van der Waals surface area contributed by atoms with E-state index in [-0.39, 0.29) is 17.9 Å². The van der Waals surface area contributed by atoms with E-state index in [1.165, 1.54) is 6.07 Å². The molecular formula is C16H19FN2O4. The van der Waals surface area contributed by atoms with Gasteiger partial charge in [0.25, 0.3) is 5.91 Å². The van der Waals surface area contributed by atoms with E-state index in [9.17, 15) is 18.8 Å². The summed E-state index contributed by atoms with van der Waals surface area (Å²) in [5.74, 6) is -2.88. The van der Waals surface area contributed by atoms with Gasteiger partial charge in [0.2, 0.25) is 5.91 Å². The molecule has 1 aliphatic rings. The van der Waals surface area contributed by atoms with Crippen LogP contribution in [0.5, 0.6) is 0 Å². The van der Waals surface area contributed by atoms with Crippen LogP contribution in [0.25, 0.3) is 0 Å². The van der Waals surface area contributed by atoms with Crippen molar-refractivity contribution in [3.8, 4) is 0 Å². The number of rotatable bonds is 6. The zero-order valence-electron chi connectivity index (χ0n) is 12.8. The van der Waals surface area contributed by atoms with Crippen LogP contribution in [0.2, 0.25) is 0 Å². The predicted molar refractivity (Wildman–Crippen MR) is 81.8 cm³/mol. The highest BCUT2D eigenvalue weighted by molar-refractivity contribution is 5.99. The highest BCUT2D eigenvalue weighted by atomic mass is 19.1. The van der Waals surface area contributed by atoms with E-state index in [1.807, 2.05) is 6.92 Å². The van der Waals surface area contributed by atoms with Crippen molar-refractivity contribution >= 4 is 23.5 Å². The number of halogens is 1. The maximum absolute atomic E-state index is 14.1. The molecule has 0 aliphatic carbocycles. The Kier molecular flexibility index (Phi) is 5.31. The topological polar surface area (TPSA) is 95.5 Å². The summed E-state index contributed by atoms with van der Waals surface area (Å²) in [6.45, 7) is 1.91. The lowest BCUT2D eigenvalue weighted by Gasteiger charge is -2.19. The maximum Gasteiger partial charge on any atom is 0.326 e. The molecule has 0 bridgehead atoms. The molecule has 0 radical (unpaired) electrons. The van der Waals surface area contributed by atoms with Crippen LogP contribution in [0.1, 0.15) is 48.5 Å². The molecule has 0 saturated carbocycles. The van der Waals surface area contributed by atoms with Crippen LogP contribution < -0.4 is 10.6 Å². The summed E-state index contributed by atoms with van der Waals surface area (Å²) in [5, 5.41) is 14.0. The highest BCUT2D eigenvalue weighted by Crippen LogP contribution is 2.26. The molecule has 2 rings (SSSR count). The average molecular weight is 322 g/mol. The van der Waals surface area contributed by atoms with Gasteiger partial charge in [-0.1, -0.05) is 19.8 Å². The van der Waals surface area contributed by atoms with Crippen molar-refractivity contribution in [2.45, 2.75) is 45.1 Å². The third-order valence-corrected chi connectivity index (χ3v) is 3.78. The van der Waals surface area contributed by atoms with E-state index in [0.717, 1.165) is 12.5 Å². The number of anilines is 1. The average Bonchev–Trinajstić information content (AvgIpc) is 2.50. The van der Waals surface area contributed by atoms with Crippen molar-refractivity contribution in [1.82, 2.24) is 5.32 Å². The lowest BCUT2D eigenvalue weighted by atomic mass is 9.99. The second-order valence-electron chi connectivity index (χ2n) is 5.54. The van der Waals surface area contributed by atoms with Crippen molar-refractivity contribution in [1.29, 1.82) is 0 Å². The fourth-order valence-corrected chi connectivity index (χ4v) is 2.48. The van der Waals surface area contributed by atoms with Crippen LogP contribution in [-0.2, 0) is 16.0 Å². The molecule has 1 heterocycles. The quantitative estimate of drug-likeness (QED) is 0.747. The van der Waals surface area contributed by atoms with Crippen LogP contribution in [0, 0.1) is 5.82 Å². The van der Waals surface area contributed by atoms with E-state index in [0.29, 0.717) is 30.5 Å². The van der Waals surface area contributed by atoms with Gasteiger partial charge in [0.05, 0.1) is 5.56 Å². The number of carbonyl (C=O) groups is 3. The molecule has 1 aromatic carbocycles. The highest BCUT2D eigenvalue weighted by Gasteiger charge is 2.24. The molecule has 124 valence electrons. The number of aliphatic carboxylic acids is 1. The van der Waals surface area contributed by atoms with Gasteiger partial charge >= 0.3 is 5.97 Å². The second kappa shape index (κ2) is 7.21. The monoisotopic (exact) mass is 322 g/mol. The number of carboxylic acid groups (broad SMARTS) is 1. The summed E-state index contributed by atoms with van der Waals surface area (Å²) in [4.78, 5) is 34.7. The third kappa shape index (κ3) is 4.06. The van der Waals surface area contributed by atoms with Crippen LogP contribution in [0.15, 0.2) is 12.1 Å². The van der Waals surface area contributed by atoms with Gasteiger partial charge in [-0.2, -0.15) is 0 Å². The molecule has 0 aromatic heterocycles. The predicted octanol–water partition coefficient (Wildman–Crippen LogP) is 2.08. The van der Waals surface area contributed by atoms with Gasteiger partial charge in [-0.25, -0.2) is 9.18 Å². The van der Waals surface area contributed by atoms with Gasteiger partial charge in [0.1, 0.15) is 11.9 Å². The first-order chi connectivity index (χ1) is 10.9. The Hall–Kier alpha value is -2.44. The molecule has 0 saturated heterocycles. The zero-order chi connectivity index (χ0) is 17.0. The van der Waals surface area contributed by atoms with Gasteiger partial charge < -0.3 is 15.7 Å². The van der Waals surface area contributed by atoms with Crippen LogP contribution in [0.4, 0.5) is 10.1 Å². The Bertz CT molecular complexity index is 645. The van der Waals surface area contributed by atoms with E-state index in [1.54, 1.807) is 0 Å². The Morgan fingerprint density at radius 1 is 1.39 bits per heavy atom. The van der Waals surface area contributed by atoms with E-state index >= 15 is 0 Å². The third-order valence-electron chi connectivity index (χ3n) is 3.78. The number of carbonyl (C=O) groups excluding carboxylic acids is 2. The molecule has 0 spiro atoms. The SMILES string of the molecule is CCCCC(NC(=O)c1cc2c(cc1F)NC(=O)CC2)C(=O)O. The summed E-state index contributed by atoms with van der Waals surface area (Å²) < 4.78 is 14.1. The molecule has 1 aromatic rings. The molecular weight excluding hydrogens is 303 g/mol. The number of benzene rings is 1. The summed E-state index contributed by atoms with van der Waals surface area (Å²) in [6, 6.07) is 1.43. The molecule has 3 N–H and O–H groups in total. The van der Waals surface area contributed by atoms with Gasteiger partial charge in [-0.3, -0.25) is 9.59 Å². The fourth-order valence-electron chi connectivity index (χ4n) is 2.48. The smallest absolute Gasteiger partial charge is 0.326 e. The first kappa shape index (κ1) is 16.9. The normalized spacial score (nSPS) is 14.6. The van der Waals surface area contributed by atoms with Gasteiger partial charge in [-0.05, 0) is 30.5 Å². The van der Waals surface area contributed by atoms with Gasteiger partial charge in [-0.15, -0.1) is 0 Å². The van der Waals surface area contributed by atoms with Crippen molar-refractivity contribution in [3.63, 3.8) is 0 Å². The minimum Gasteiger partial charge on any atom is -0.480 e. The lowest BCUT2D eigenvalue weighted by molar-refractivity contribution is -0.139. The molecule has 6 nitrogen and oxygen atoms in total. The van der Waals surface area contributed by atoms with Gasteiger partial charge in [0, 0.05) is 12.1 Å². The van der Waals surface area contributed by atoms with E-state index in [4.69, 9.17) is 5.11 Å². The second-order valence-corrected chi connectivity index (χ2v) is 5.54. The van der Waals surface area contributed by atoms with Crippen LogP contribution in [0.3, 0.4) is 0 Å². The molecule has 23 heavy (non-hydrogen) atoms. The molecule has 7 heteroatoms.